The lowest BCUT2D eigenvalue weighted by Gasteiger charge is -2.22. The fraction of sp³-hybridized carbons (Fsp3) is 0.429. The predicted molar refractivity (Wildman–Crippen MR) is 196 cm³/mol. The molecule has 21 heteroatoms. The summed E-state index contributed by atoms with van der Waals surface area (Å²) in [5.74, 6) is 6.15. The molecule has 56 heavy (non-hydrogen) atoms. The van der Waals surface area contributed by atoms with Gasteiger partial charge in [-0.25, -0.2) is 18.7 Å². The summed E-state index contributed by atoms with van der Waals surface area (Å²) >= 11 is 0. The molecule has 1 aliphatic heterocycles. The number of fused-ring (bicyclic) bond motifs is 2. The van der Waals surface area contributed by atoms with Gasteiger partial charge < -0.3 is 44.8 Å². The molecular formula is C35H42N4O15P2. The molecule has 1 saturated heterocycles. The molecule has 2 amide bonds. The van der Waals surface area contributed by atoms with E-state index in [1.807, 2.05) is 48.5 Å². The highest BCUT2D eigenvalue weighted by Crippen LogP contribution is 2.45. The van der Waals surface area contributed by atoms with Crippen molar-refractivity contribution in [2.24, 2.45) is 0 Å². The van der Waals surface area contributed by atoms with Crippen LogP contribution in [0, 0.1) is 11.8 Å². The van der Waals surface area contributed by atoms with Gasteiger partial charge in [-0.15, -0.1) is 0 Å². The van der Waals surface area contributed by atoms with E-state index in [1.165, 1.54) is 0 Å². The van der Waals surface area contributed by atoms with Crippen molar-refractivity contribution < 1.29 is 61.9 Å². The number of phosphoric ester groups is 2. The van der Waals surface area contributed by atoms with Gasteiger partial charge in [-0.05, 0) is 43.4 Å². The Morgan fingerprint density at radius 2 is 1.61 bits per heavy atom. The van der Waals surface area contributed by atoms with Crippen molar-refractivity contribution in [3.8, 4) is 11.8 Å². The highest BCUT2D eigenvalue weighted by molar-refractivity contribution is 7.46. The number of H-pyrrole nitrogens is 1. The molecule has 0 bridgehead atoms. The van der Waals surface area contributed by atoms with E-state index < -0.39 is 70.2 Å². The number of aliphatic hydroxyl groups is 1. The van der Waals surface area contributed by atoms with E-state index in [-0.39, 0.29) is 37.3 Å². The zero-order valence-corrected chi connectivity index (χ0v) is 31.6. The number of alkyl carbamates (subject to hydrolysis) is 1. The Morgan fingerprint density at radius 3 is 2.36 bits per heavy atom. The van der Waals surface area contributed by atoms with Crippen LogP contribution in [0.2, 0.25) is 0 Å². The largest absolute Gasteiger partial charge is 0.470 e. The number of hydrogen-bond donors (Lipinski definition) is 8. The first-order valence-corrected chi connectivity index (χ1v) is 20.7. The molecule has 0 spiro atoms. The van der Waals surface area contributed by atoms with Gasteiger partial charge in [0.25, 0.3) is 5.56 Å². The lowest BCUT2D eigenvalue weighted by molar-refractivity contribution is -0.121. The van der Waals surface area contributed by atoms with Crippen molar-refractivity contribution in [3.05, 3.63) is 103 Å². The van der Waals surface area contributed by atoms with E-state index in [2.05, 4.69) is 36.5 Å². The van der Waals surface area contributed by atoms with Crippen LogP contribution in [0.25, 0.3) is 0 Å². The van der Waals surface area contributed by atoms with E-state index in [0.29, 0.717) is 32.2 Å². The molecule has 2 aliphatic rings. The summed E-state index contributed by atoms with van der Waals surface area (Å²) in [7, 11) is -10.3. The van der Waals surface area contributed by atoms with Crippen LogP contribution < -0.4 is 21.9 Å². The third-order valence-corrected chi connectivity index (χ3v) is 9.90. The molecular weight excluding hydrogens is 778 g/mol. The molecule has 302 valence electrons. The monoisotopic (exact) mass is 820 g/mol. The Kier molecular flexibility index (Phi) is 14.6. The van der Waals surface area contributed by atoms with Gasteiger partial charge in [0.1, 0.15) is 24.4 Å². The number of nitrogens with one attached hydrogen (secondary N) is 3. The molecule has 2 aromatic carbocycles. The number of nitrogens with zero attached hydrogens (tertiary/aromatic N) is 1. The second kappa shape index (κ2) is 19.1. The number of aliphatic hydroxyl groups excluding tert-OH is 1. The Labute approximate surface area is 319 Å². The molecule has 5 atom stereocenters. The molecule has 1 aromatic heterocycles. The molecule has 8 N–H and O–H groups in total. The number of aromatic nitrogens is 2. The third kappa shape index (κ3) is 12.3. The van der Waals surface area contributed by atoms with Gasteiger partial charge in [0.05, 0.1) is 6.61 Å². The number of hydrogen-bond acceptors (Lipinski definition) is 11. The second-order valence-corrected chi connectivity index (χ2v) is 15.4. The SMILES string of the molecule is O=C(CCCCCNC(=O)OC1Cc2ccccc2C#Cc2ccccc21)NCCCc1cn([C@@H]2O[C@H](COP(=O)(O)O)C(OP(=O)(O)O)[C@@H]2O)c(=O)[nH]c1=O. The summed E-state index contributed by atoms with van der Waals surface area (Å²) < 4.78 is 43.6. The maximum Gasteiger partial charge on any atom is 0.470 e. The Morgan fingerprint density at radius 1 is 0.911 bits per heavy atom. The van der Waals surface area contributed by atoms with Gasteiger partial charge in [0.15, 0.2) is 6.23 Å². The molecule has 5 rings (SSSR count). The van der Waals surface area contributed by atoms with Crippen molar-refractivity contribution in [2.45, 2.75) is 75.6 Å². The summed E-state index contributed by atoms with van der Waals surface area (Å²) in [4.78, 5) is 88.9. The highest BCUT2D eigenvalue weighted by atomic mass is 31.2. The maximum atomic E-state index is 12.7. The number of carbonyl (C=O) groups is 2. The van der Waals surface area contributed by atoms with Crippen LogP contribution in [0.1, 0.15) is 72.3 Å². The summed E-state index contributed by atoms with van der Waals surface area (Å²) in [6.07, 6.45) is -4.34. The molecule has 0 saturated carbocycles. The number of ether oxygens (including phenoxy) is 2. The summed E-state index contributed by atoms with van der Waals surface area (Å²) in [5.41, 5.74) is 1.73. The third-order valence-electron chi connectivity index (χ3n) is 8.90. The highest BCUT2D eigenvalue weighted by Gasteiger charge is 2.49. The van der Waals surface area contributed by atoms with Gasteiger partial charge in [-0.1, -0.05) is 54.7 Å². The minimum atomic E-state index is -5.26. The minimum absolute atomic E-state index is 0.0419. The van der Waals surface area contributed by atoms with Gasteiger partial charge >= 0.3 is 27.4 Å². The topological polar surface area (TPSA) is 285 Å². The van der Waals surface area contributed by atoms with E-state index in [1.54, 1.807) is 0 Å². The lowest BCUT2D eigenvalue weighted by atomic mass is 9.92. The van der Waals surface area contributed by atoms with Crippen molar-refractivity contribution >= 4 is 27.6 Å². The lowest BCUT2D eigenvalue weighted by Crippen LogP contribution is -2.39. The number of carbonyl (C=O) groups excluding carboxylic acids is 2. The molecule has 19 nitrogen and oxygen atoms in total. The number of rotatable bonds is 17. The Bertz CT molecular complexity index is 2150. The number of aromatic amines is 1. The zero-order chi connectivity index (χ0) is 40.5. The number of aryl methyl sites for hydroxylation is 1. The van der Waals surface area contributed by atoms with Crippen LogP contribution in [0.4, 0.5) is 4.79 Å². The van der Waals surface area contributed by atoms with Gasteiger partial charge in [-0.3, -0.25) is 28.2 Å². The Hall–Kier alpha value is -4.44. The van der Waals surface area contributed by atoms with Crippen LogP contribution in [-0.4, -0.2) is 84.2 Å². The first kappa shape index (κ1) is 42.7. The average molecular weight is 821 g/mol. The van der Waals surface area contributed by atoms with Crippen molar-refractivity contribution in [3.63, 3.8) is 0 Å². The smallest absolute Gasteiger partial charge is 0.441 e. The Balaban J connectivity index is 1.03. The summed E-state index contributed by atoms with van der Waals surface area (Å²) in [6.45, 7) is -0.445. The van der Waals surface area contributed by atoms with Gasteiger partial charge in [0, 0.05) is 54.4 Å². The van der Waals surface area contributed by atoms with Crippen LogP contribution in [0.3, 0.4) is 0 Å². The quantitative estimate of drug-likeness (QED) is 0.0543. The molecule has 2 heterocycles. The molecule has 2 unspecified atom stereocenters. The van der Waals surface area contributed by atoms with Crippen molar-refractivity contribution in [2.75, 3.05) is 19.7 Å². The van der Waals surface area contributed by atoms with Crippen molar-refractivity contribution in [1.29, 1.82) is 0 Å². The molecule has 0 radical (unpaired) electrons. The van der Waals surface area contributed by atoms with Gasteiger partial charge in [0.2, 0.25) is 5.91 Å². The predicted octanol–water partition coefficient (Wildman–Crippen LogP) is 1.41. The first-order valence-electron chi connectivity index (χ1n) is 17.6. The number of amides is 2. The van der Waals surface area contributed by atoms with Crippen LogP contribution >= 0.6 is 15.6 Å². The van der Waals surface area contributed by atoms with E-state index in [9.17, 15) is 43.2 Å². The summed E-state index contributed by atoms with van der Waals surface area (Å²) in [5, 5.41) is 16.3. The number of benzene rings is 2. The first-order chi connectivity index (χ1) is 26.6. The van der Waals surface area contributed by atoms with Crippen LogP contribution in [0.15, 0.2) is 64.3 Å². The fourth-order valence-electron chi connectivity index (χ4n) is 6.24. The molecule has 1 aliphatic carbocycles. The zero-order valence-electron chi connectivity index (χ0n) is 29.8. The van der Waals surface area contributed by atoms with E-state index in [0.717, 1.165) is 33.0 Å². The number of unbranched alkanes of at least 4 members (excludes halogenated alkanes) is 2. The standard InChI is InChI=1S/C35H42N4O15P2/c40-29(14-2-1-7-17-37-35(44)53-27-19-24-11-4-3-9-22(24)15-16-23-10-5-6-13-26(23)27)36-18-8-12-25-20-39(34(43)38-32(25)42)33-30(41)31(54-56(48,49)50)28(52-33)21-51-55(45,46)47/h3-6,9-11,13,20,27-28,30-31,33,41H,1-2,7-8,12,14,17-19,21H2,(H,36,40)(H,37,44)(H,38,42,43)(H2,45,46,47)(H2,48,49,50)/t27?,28-,30+,31?,33-/m1/s1. The average Bonchev–Trinajstić information content (AvgIpc) is 3.42. The number of phosphoric acid groups is 2. The normalized spacial score (nSPS) is 20.4. The summed E-state index contributed by atoms with van der Waals surface area (Å²) in [6, 6.07) is 15.3. The van der Waals surface area contributed by atoms with Crippen molar-refractivity contribution in [1.82, 2.24) is 20.2 Å². The van der Waals surface area contributed by atoms with Gasteiger partial charge in [-0.2, -0.15) is 0 Å². The second-order valence-electron chi connectivity index (χ2n) is 13.0. The van der Waals surface area contributed by atoms with Crippen LogP contribution in [-0.2, 0) is 45.3 Å². The molecule has 1 fully saturated rings. The maximum absolute atomic E-state index is 12.7. The van der Waals surface area contributed by atoms with E-state index >= 15 is 0 Å². The van der Waals surface area contributed by atoms with Crippen LogP contribution in [0.5, 0.6) is 0 Å². The van der Waals surface area contributed by atoms with E-state index in [4.69, 9.17) is 19.3 Å². The minimum Gasteiger partial charge on any atom is -0.441 e. The fourth-order valence-corrected chi connectivity index (χ4v) is 7.16. The molecule has 3 aromatic rings.